The van der Waals surface area contributed by atoms with Crippen molar-refractivity contribution in [1.29, 1.82) is 0 Å². The summed E-state index contributed by atoms with van der Waals surface area (Å²) >= 11 is 0. The third kappa shape index (κ3) is 3.15. The summed E-state index contributed by atoms with van der Waals surface area (Å²) in [6.07, 6.45) is 0. The molecule has 0 aliphatic heterocycles. The smallest absolute Gasteiger partial charge is 0.193 e. The van der Waals surface area contributed by atoms with E-state index in [0.29, 0.717) is 16.8 Å². The van der Waals surface area contributed by atoms with E-state index < -0.39 is 0 Å². The summed E-state index contributed by atoms with van der Waals surface area (Å²) in [6, 6.07) is 24.9. The van der Waals surface area contributed by atoms with Gasteiger partial charge >= 0.3 is 0 Å². The number of para-hydroxylation sites is 1. The molecular formula is C21H20N2O. The highest BCUT2D eigenvalue weighted by Crippen LogP contribution is 2.31. The monoisotopic (exact) mass is 316 g/mol. The van der Waals surface area contributed by atoms with E-state index in [-0.39, 0.29) is 5.78 Å². The molecule has 3 aromatic rings. The maximum absolute atomic E-state index is 12.6. The Morgan fingerprint density at radius 3 is 2.08 bits per heavy atom. The Morgan fingerprint density at radius 2 is 1.50 bits per heavy atom. The molecule has 0 saturated carbocycles. The standard InChI is InChI=1S/C21H20N2O/c1-2-23(18-11-7-4-8-12-18)20-14-13-17(15-19(20)22)21(24)16-9-5-3-6-10-16/h3-15H,2,22H2,1H3. The molecule has 3 heteroatoms. The second-order valence-electron chi connectivity index (χ2n) is 5.55. The molecular weight excluding hydrogens is 296 g/mol. The van der Waals surface area contributed by atoms with Crippen molar-refractivity contribution >= 4 is 22.8 Å². The number of rotatable bonds is 5. The Labute approximate surface area is 142 Å². The lowest BCUT2D eigenvalue weighted by atomic mass is 10.0. The highest BCUT2D eigenvalue weighted by molar-refractivity contribution is 6.09. The van der Waals surface area contributed by atoms with Gasteiger partial charge in [0.2, 0.25) is 0 Å². The lowest BCUT2D eigenvalue weighted by molar-refractivity contribution is 0.103. The summed E-state index contributed by atoms with van der Waals surface area (Å²) in [5.41, 5.74) is 10.1. The molecule has 0 radical (unpaired) electrons. The van der Waals surface area contributed by atoms with E-state index in [4.69, 9.17) is 5.73 Å². The molecule has 0 bridgehead atoms. The molecule has 0 spiro atoms. The molecule has 0 unspecified atom stereocenters. The van der Waals surface area contributed by atoms with Crippen LogP contribution in [0.5, 0.6) is 0 Å². The van der Waals surface area contributed by atoms with Crippen LogP contribution < -0.4 is 10.6 Å². The van der Waals surface area contributed by atoms with Crippen LogP contribution >= 0.6 is 0 Å². The number of hydrogen-bond acceptors (Lipinski definition) is 3. The van der Waals surface area contributed by atoms with Crippen molar-refractivity contribution in [1.82, 2.24) is 0 Å². The van der Waals surface area contributed by atoms with E-state index in [1.807, 2.05) is 72.8 Å². The quantitative estimate of drug-likeness (QED) is 0.550. The highest BCUT2D eigenvalue weighted by Gasteiger charge is 2.14. The predicted molar refractivity (Wildman–Crippen MR) is 99.9 cm³/mol. The molecule has 3 rings (SSSR count). The van der Waals surface area contributed by atoms with E-state index in [1.54, 1.807) is 6.07 Å². The minimum absolute atomic E-state index is 0.0170. The Balaban J connectivity index is 1.94. The van der Waals surface area contributed by atoms with Crippen LogP contribution in [-0.4, -0.2) is 12.3 Å². The number of carbonyl (C=O) groups excluding carboxylic acids is 1. The maximum atomic E-state index is 12.6. The average Bonchev–Trinajstić information content (AvgIpc) is 2.64. The number of benzene rings is 3. The average molecular weight is 316 g/mol. The van der Waals surface area contributed by atoms with Crippen LogP contribution in [0.25, 0.3) is 0 Å². The van der Waals surface area contributed by atoms with E-state index in [2.05, 4.69) is 11.8 Å². The van der Waals surface area contributed by atoms with Gasteiger partial charge in [0.15, 0.2) is 5.78 Å². The first-order valence-electron chi connectivity index (χ1n) is 8.02. The van der Waals surface area contributed by atoms with Crippen LogP contribution in [0.3, 0.4) is 0 Å². The van der Waals surface area contributed by atoms with Gasteiger partial charge in [0.05, 0.1) is 11.4 Å². The Morgan fingerprint density at radius 1 is 0.875 bits per heavy atom. The molecule has 0 amide bonds. The Bertz CT molecular complexity index is 829. The van der Waals surface area contributed by atoms with Crippen molar-refractivity contribution in [3.05, 3.63) is 90.0 Å². The van der Waals surface area contributed by atoms with Crippen LogP contribution in [0.1, 0.15) is 22.8 Å². The first-order valence-corrected chi connectivity index (χ1v) is 8.02. The van der Waals surface area contributed by atoms with Gasteiger partial charge < -0.3 is 10.6 Å². The van der Waals surface area contributed by atoms with E-state index >= 15 is 0 Å². The molecule has 0 saturated heterocycles. The predicted octanol–water partition coefficient (Wildman–Crippen LogP) is 4.66. The van der Waals surface area contributed by atoms with E-state index in [9.17, 15) is 4.79 Å². The lowest BCUT2D eigenvalue weighted by Crippen LogP contribution is -2.17. The molecule has 120 valence electrons. The van der Waals surface area contributed by atoms with Crippen molar-refractivity contribution in [2.45, 2.75) is 6.92 Å². The molecule has 0 fully saturated rings. The normalized spacial score (nSPS) is 10.4. The fourth-order valence-electron chi connectivity index (χ4n) is 2.80. The van der Waals surface area contributed by atoms with Crippen LogP contribution in [0.4, 0.5) is 17.1 Å². The number of ketones is 1. The van der Waals surface area contributed by atoms with Crippen LogP contribution in [0.15, 0.2) is 78.9 Å². The largest absolute Gasteiger partial charge is 0.397 e. The second kappa shape index (κ2) is 7.01. The van der Waals surface area contributed by atoms with Gasteiger partial charge in [0.1, 0.15) is 0 Å². The van der Waals surface area contributed by atoms with E-state index in [1.165, 1.54) is 0 Å². The van der Waals surface area contributed by atoms with Gasteiger partial charge in [-0.05, 0) is 37.3 Å². The lowest BCUT2D eigenvalue weighted by Gasteiger charge is -2.25. The molecule has 3 nitrogen and oxygen atoms in total. The number of nitrogens with two attached hydrogens (primary N) is 1. The van der Waals surface area contributed by atoms with Crippen molar-refractivity contribution in [2.24, 2.45) is 0 Å². The fraction of sp³-hybridized carbons (Fsp3) is 0.0952. The molecule has 0 atom stereocenters. The highest BCUT2D eigenvalue weighted by atomic mass is 16.1. The van der Waals surface area contributed by atoms with Gasteiger partial charge in [-0.1, -0.05) is 48.5 Å². The fourth-order valence-corrected chi connectivity index (χ4v) is 2.80. The minimum Gasteiger partial charge on any atom is -0.397 e. The molecule has 3 aromatic carbocycles. The topological polar surface area (TPSA) is 46.3 Å². The van der Waals surface area contributed by atoms with Gasteiger partial charge in [-0.15, -0.1) is 0 Å². The van der Waals surface area contributed by atoms with Crippen LogP contribution in [-0.2, 0) is 0 Å². The summed E-state index contributed by atoms with van der Waals surface area (Å²) in [7, 11) is 0. The SMILES string of the molecule is CCN(c1ccccc1)c1ccc(C(=O)c2ccccc2)cc1N. The van der Waals surface area contributed by atoms with Gasteiger partial charge in [0.25, 0.3) is 0 Å². The zero-order valence-corrected chi connectivity index (χ0v) is 13.6. The number of nitrogen functional groups attached to an aromatic ring is 1. The van der Waals surface area contributed by atoms with Gasteiger partial charge in [-0.25, -0.2) is 0 Å². The summed E-state index contributed by atoms with van der Waals surface area (Å²) in [5, 5.41) is 0. The number of nitrogens with zero attached hydrogens (tertiary/aromatic N) is 1. The van der Waals surface area contributed by atoms with Crippen LogP contribution in [0.2, 0.25) is 0 Å². The minimum atomic E-state index is -0.0170. The van der Waals surface area contributed by atoms with E-state index in [0.717, 1.165) is 17.9 Å². The van der Waals surface area contributed by atoms with Gasteiger partial charge in [0, 0.05) is 23.4 Å². The molecule has 0 heterocycles. The maximum Gasteiger partial charge on any atom is 0.193 e. The summed E-state index contributed by atoms with van der Waals surface area (Å²) in [4.78, 5) is 14.7. The second-order valence-corrected chi connectivity index (χ2v) is 5.55. The Kier molecular flexibility index (Phi) is 4.62. The summed E-state index contributed by atoms with van der Waals surface area (Å²) < 4.78 is 0. The van der Waals surface area contributed by atoms with Crippen LogP contribution in [0, 0.1) is 0 Å². The first kappa shape index (κ1) is 15.8. The zero-order valence-electron chi connectivity index (χ0n) is 13.6. The summed E-state index contributed by atoms with van der Waals surface area (Å²) in [6.45, 7) is 2.87. The molecule has 24 heavy (non-hydrogen) atoms. The summed E-state index contributed by atoms with van der Waals surface area (Å²) in [5.74, 6) is -0.0170. The Hall–Kier alpha value is -3.07. The van der Waals surface area contributed by atoms with Gasteiger partial charge in [-0.2, -0.15) is 0 Å². The third-order valence-electron chi connectivity index (χ3n) is 4.00. The molecule has 0 aliphatic carbocycles. The van der Waals surface area contributed by atoms with Crippen molar-refractivity contribution in [2.75, 3.05) is 17.2 Å². The van der Waals surface area contributed by atoms with Crippen molar-refractivity contribution in [3.63, 3.8) is 0 Å². The van der Waals surface area contributed by atoms with Crippen molar-refractivity contribution < 1.29 is 4.79 Å². The van der Waals surface area contributed by atoms with Crippen molar-refractivity contribution in [3.8, 4) is 0 Å². The number of carbonyl (C=O) groups is 1. The zero-order chi connectivity index (χ0) is 16.9. The number of anilines is 3. The third-order valence-corrected chi connectivity index (χ3v) is 4.00. The number of hydrogen-bond donors (Lipinski definition) is 1. The molecule has 0 aromatic heterocycles. The molecule has 2 N–H and O–H groups in total. The van der Waals surface area contributed by atoms with Gasteiger partial charge in [-0.3, -0.25) is 4.79 Å². The molecule has 0 aliphatic rings. The first-order chi connectivity index (χ1) is 11.7.